The molecule has 0 atom stereocenters. The van der Waals surface area contributed by atoms with Crippen LogP contribution in [0.25, 0.3) is 27.6 Å². The summed E-state index contributed by atoms with van der Waals surface area (Å²) in [6, 6.07) is 15.3. The van der Waals surface area contributed by atoms with Crippen LogP contribution in [0.1, 0.15) is 58.9 Å². The number of rotatable bonds is 6. The summed E-state index contributed by atoms with van der Waals surface area (Å²) in [7, 11) is 1.74. The Balaban J connectivity index is 1.54. The number of aryl methyl sites for hydroxylation is 1. The molecule has 8 heteroatoms. The van der Waals surface area contributed by atoms with Gasteiger partial charge in [-0.2, -0.15) is 0 Å². The van der Waals surface area contributed by atoms with Crippen LogP contribution in [0.5, 0.6) is 0 Å². The quantitative estimate of drug-likeness (QED) is 0.370. The molecule has 1 saturated heterocycles. The molecule has 1 saturated carbocycles. The molecule has 0 bridgehead atoms. The van der Waals surface area contributed by atoms with E-state index in [1.165, 1.54) is 5.56 Å². The van der Waals surface area contributed by atoms with Crippen molar-refractivity contribution in [3.05, 3.63) is 87.6 Å². The van der Waals surface area contributed by atoms with Crippen molar-refractivity contribution < 1.29 is 14.7 Å². The van der Waals surface area contributed by atoms with Gasteiger partial charge < -0.3 is 20.3 Å². The summed E-state index contributed by atoms with van der Waals surface area (Å²) in [5.74, 6) is 4.95. The van der Waals surface area contributed by atoms with E-state index in [4.69, 9.17) is 5.73 Å². The van der Waals surface area contributed by atoms with E-state index in [1.54, 1.807) is 40.3 Å². The molecule has 2 amide bonds. The highest BCUT2D eigenvalue weighted by molar-refractivity contribution is 5.94. The predicted octanol–water partition coefficient (Wildman–Crippen LogP) is 3.41. The topological polar surface area (TPSA) is 111 Å². The van der Waals surface area contributed by atoms with Crippen LogP contribution in [-0.4, -0.2) is 44.0 Å². The van der Waals surface area contributed by atoms with Crippen LogP contribution in [0.15, 0.2) is 59.5 Å². The molecule has 1 aliphatic carbocycles. The third-order valence-electron chi connectivity index (χ3n) is 8.06. The highest BCUT2D eigenvalue weighted by Gasteiger charge is 2.34. The number of nitrogens with two attached hydrogens (primary N) is 1. The normalized spacial score (nSPS) is 15.0. The zero-order valence-corrected chi connectivity index (χ0v) is 22.5. The van der Waals surface area contributed by atoms with Crippen molar-refractivity contribution in [2.45, 2.75) is 38.2 Å². The summed E-state index contributed by atoms with van der Waals surface area (Å²) in [5.41, 5.74) is 10.3. The molecular formula is C32H30N4O4. The van der Waals surface area contributed by atoms with E-state index >= 15 is 0 Å². The summed E-state index contributed by atoms with van der Waals surface area (Å²) in [4.78, 5) is 40.1. The number of aromatic nitrogens is 2. The molecule has 0 radical (unpaired) electrons. The minimum absolute atomic E-state index is 0.0716. The van der Waals surface area contributed by atoms with Crippen molar-refractivity contribution >= 4 is 22.6 Å². The van der Waals surface area contributed by atoms with E-state index in [1.807, 2.05) is 30.3 Å². The molecule has 2 aromatic carbocycles. The van der Waals surface area contributed by atoms with Gasteiger partial charge in [-0.1, -0.05) is 30.2 Å². The molecule has 202 valence electrons. The van der Waals surface area contributed by atoms with Crippen LogP contribution in [0, 0.1) is 11.8 Å². The van der Waals surface area contributed by atoms with Crippen molar-refractivity contribution in [1.82, 2.24) is 14.0 Å². The zero-order chi connectivity index (χ0) is 28.1. The highest BCUT2D eigenvalue weighted by atomic mass is 16.3. The lowest BCUT2D eigenvalue weighted by Crippen LogP contribution is -2.49. The molecule has 2 aliphatic rings. The van der Waals surface area contributed by atoms with Gasteiger partial charge in [-0.05, 0) is 72.4 Å². The van der Waals surface area contributed by atoms with Gasteiger partial charge in [0.1, 0.15) is 5.69 Å². The standard InChI is InChI=1S/C32H30N4O4/c1-3-5-30(38)35-16-23(17-35)28-13-21-12-20(19-8-9-19)10-11-25(21)32(40)36(28)27-7-4-6-24(26(27)18-37)22-14-29(31(33)39)34(2)15-22/h4,6-7,10-15,19,23,37H,8-9,16-18H2,1-2H3,(H2,33,39). The number of hydrogen-bond acceptors (Lipinski definition) is 4. The van der Waals surface area contributed by atoms with Gasteiger partial charge in [0.25, 0.3) is 17.4 Å². The van der Waals surface area contributed by atoms with E-state index in [0.717, 1.165) is 23.9 Å². The second-order valence-electron chi connectivity index (χ2n) is 10.7. The number of nitrogens with zero attached hydrogens (tertiary/aromatic N) is 3. The highest BCUT2D eigenvalue weighted by Crippen LogP contribution is 2.41. The Hall–Kier alpha value is -4.61. The Bertz CT molecular complexity index is 1810. The lowest BCUT2D eigenvalue weighted by molar-refractivity contribution is -0.129. The Kier molecular flexibility index (Phi) is 6.32. The van der Waals surface area contributed by atoms with E-state index in [2.05, 4.69) is 24.0 Å². The number of likely N-dealkylation sites (tertiary alicyclic amines) is 1. The fraction of sp³-hybridized carbons (Fsp3) is 0.281. The van der Waals surface area contributed by atoms with Gasteiger partial charge in [0, 0.05) is 54.5 Å². The summed E-state index contributed by atoms with van der Waals surface area (Å²) >= 11 is 0. The van der Waals surface area contributed by atoms with E-state index < -0.39 is 5.91 Å². The molecule has 0 unspecified atom stereocenters. The number of fused-ring (bicyclic) bond motifs is 1. The van der Waals surface area contributed by atoms with E-state index in [0.29, 0.717) is 52.5 Å². The fourth-order valence-corrected chi connectivity index (χ4v) is 5.77. The summed E-state index contributed by atoms with van der Waals surface area (Å²) in [6.45, 7) is 2.22. The van der Waals surface area contributed by atoms with Crippen molar-refractivity contribution in [1.29, 1.82) is 0 Å². The molecular weight excluding hydrogens is 504 g/mol. The Morgan fingerprint density at radius 1 is 1.07 bits per heavy atom. The van der Waals surface area contributed by atoms with Gasteiger partial charge in [0.05, 0.1) is 12.3 Å². The first kappa shape index (κ1) is 25.7. The lowest BCUT2D eigenvalue weighted by atomic mass is 9.92. The van der Waals surface area contributed by atoms with Crippen molar-refractivity contribution in [3.63, 3.8) is 0 Å². The Morgan fingerprint density at radius 2 is 1.85 bits per heavy atom. The molecule has 6 rings (SSSR count). The SMILES string of the molecule is CC#CC(=O)N1CC(c2cc3cc(C4CC4)ccc3c(=O)n2-c2cccc(-c3cc(C(N)=O)n(C)c3)c2CO)C1. The van der Waals surface area contributed by atoms with Gasteiger partial charge in [0.2, 0.25) is 0 Å². The van der Waals surface area contributed by atoms with Gasteiger partial charge in [-0.25, -0.2) is 0 Å². The molecule has 3 N–H and O–H groups in total. The number of amides is 2. The minimum atomic E-state index is -0.550. The summed E-state index contributed by atoms with van der Waals surface area (Å²) in [6.07, 6.45) is 4.11. The molecule has 2 fully saturated rings. The third-order valence-corrected chi connectivity index (χ3v) is 8.06. The predicted molar refractivity (Wildman–Crippen MR) is 153 cm³/mol. The second kappa shape index (κ2) is 9.85. The second-order valence-corrected chi connectivity index (χ2v) is 10.7. The van der Waals surface area contributed by atoms with Gasteiger partial charge >= 0.3 is 0 Å². The van der Waals surface area contributed by atoms with Crippen LogP contribution in [0.3, 0.4) is 0 Å². The molecule has 2 aromatic heterocycles. The maximum Gasteiger partial charge on any atom is 0.298 e. The van der Waals surface area contributed by atoms with Crippen LogP contribution < -0.4 is 11.3 Å². The maximum absolute atomic E-state index is 14.2. The first-order chi connectivity index (χ1) is 19.3. The van der Waals surface area contributed by atoms with Crippen LogP contribution >= 0.6 is 0 Å². The van der Waals surface area contributed by atoms with Crippen molar-refractivity contribution in [2.75, 3.05) is 13.1 Å². The maximum atomic E-state index is 14.2. The average molecular weight is 535 g/mol. The van der Waals surface area contributed by atoms with Crippen molar-refractivity contribution in [3.8, 4) is 28.7 Å². The smallest absolute Gasteiger partial charge is 0.298 e. The lowest BCUT2D eigenvalue weighted by Gasteiger charge is -2.39. The van der Waals surface area contributed by atoms with E-state index in [-0.39, 0.29) is 24.0 Å². The zero-order valence-electron chi connectivity index (χ0n) is 22.5. The minimum Gasteiger partial charge on any atom is -0.392 e. The number of benzene rings is 2. The molecule has 3 heterocycles. The van der Waals surface area contributed by atoms with Crippen LogP contribution in [-0.2, 0) is 18.4 Å². The third kappa shape index (κ3) is 4.29. The van der Waals surface area contributed by atoms with Gasteiger partial charge in [0.15, 0.2) is 0 Å². The first-order valence-corrected chi connectivity index (χ1v) is 13.4. The van der Waals surface area contributed by atoms with Gasteiger partial charge in [-0.3, -0.25) is 19.0 Å². The number of primary amides is 1. The molecule has 1 aliphatic heterocycles. The number of aliphatic hydroxyl groups is 1. The fourth-order valence-electron chi connectivity index (χ4n) is 5.77. The largest absolute Gasteiger partial charge is 0.392 e. The van der Waals surface area contributed by atoms with Crippen LogP contribution in [0.2, 0.25) is 0 Å². The van der Waals surface area contributed by atoms with E-state index in [9.17, 15) is 19.5 Å². The van der Waals surface area contributed by atoms with Crippen LogP contribution in [0.4, 0.5) is 0 Å². The monoisotopic (exact) mass is 534 g/mol. The average Bonchev–Trinajstić information content (AvgIpc) is 3.68. The molecule has 8 nitrogen and oxygen atoms in total. The number of hydrogen-bond donors (Lipinski definition) is 2. The van der Waals surface area contributed by atoms with Gasteiger partial charge in [-0.15, -0.1) is 0 Å². The molecule has 0 spiro atoms. The number of pyridine rings is 1. The number of carbonyl (C=O) groups excluding carboxylic acids is 2. The molecule has 40 heavy (non-hydrogen) atoms. The number of carbonyl (C=O) groups is 2. The first-order valence-electron chi connectivity index (χ1n) is 13.4. The summed E-state index contributed by atoms with van der Waals surface area (Å²) < 4.78 is 3.33. The Morgan fingerprint density at radius 3 is 2.50 bits per heavy atom. The van der Waals surface area contributed by atoms with Crippen molar-refractivity contribution in [2.24, 2.45) is 12.8 Å². The Labute approximate surface area is 231 Å². The molecule has 4 aromatic rings. The number of aliphatic hydroxyl groups excluding tert-OH is 1. The summed E-state index contributed by atoms with van der Waals surface area (Å²) in [5, 5.41) is 12.1.